The molecular weight excluding hydrogens is 250 g/mol. The highest BCUT2D eigenvalue weighted by atomic mass is 35.5. The molecular formula is C14H18ClNO2. The Kier molecular flexibility index (Phi) is 6.98. The van der Waals surface area contributed by atoms with Crippen LogP contribution in [0.15, 0.2) is 51.7 Å². The third-order valence-electron chi connectivity index (χ3n) is 2.41. The van der Waals surface area contributed by atoms with Gasteiger partial charge in [-0.05, 0) is 39.3 Å². The first kappa shape index (κ1) is 16.4. The molecule has 0 aliphatic rings. The third-order valence-corrected chi connectivity index (χ3v) is 2.73. The van der Waals surface area contributed by atoms with Crippen molar-refractivity contribution in [1.29, 1.82) is 0 Å². The molecule has 0 fully saturated rings. The fraction of sp³-hybridized carbons (Fsp3) is 0.286. The summed E-state index contributed by atoms with van der Waals surface area (Å²) in [7, 11) is 0. The monoisotopic (exact) mass is 267 g/mol. The normalized spacial score (nSPS) is 15.3. The van der Waals surface area contributed by atoms with Crippen molar-refractivity contribution in [2.24, 2.45) is 4.99 Å². The molecule has 0 saturated heterocycles. The first-order valence-corrected chi connectivity index (χ1v) is 5.83. The number of carbonyl (C=O) groups is 1. The average molecular weight is 268 g/mol. The maximum Gasteiger partial charge on any atom is 0.333 e. The van der Waals surface area contributed by atoms with E-state index in [2.05, 4.69) is 11.6 Å². The molecule has 0 unspecified atom stereocenters. The van der Waals surface area contributed by atoms with E-state index < -0.39 is 5.97 Å². The van der Waals surface area contributed by atoms with Gasteiger partial charge in [0.1, 0.15) is 0 Å². The topological polar surface area (TPSA) is 49.7 Å². The van der Waals surface area contributed by atoms with Crippen LogP contribution in [-0.2, 0) is 4.79 Å². The van der Waals surface area contributed by atoms with Crippen molar-refractivity contribution in [2.75, 3.05) is 0 Å². The van der Waals surface area contributed by atoms with Gasteiger partial charge < -0.3 is 5.11 Å². The van der Waals surface area contributed by atoms with Crippen LogP contribution in [0.5, 0.6) is 0 Å². The van der Waals surface area contributed by atoms with Crippen molar-refractivity contribution in [3.8, 4) is 0 Å². The molecule has 3 nitrogen and oxygen atoms in total. The molecule has 0 atom stereocenters. The molecule has 0 spiro atoms. The SMILES string of the molecule is C=CC(=C\C(Cl)=C/C)/C(C)=N/C(C)=C(\C)C(=O)O. The Bertz CT molecular complexity index is 468. The van der Waals surface area contributed by atoms with Gasteiger partial charge >= 0.3 is 5.97 Å². The Labute approximate surface area is 113 Å². The van der Waals surface area contributed by atoms with E-state index in [-0.39, 0.29) is 5.57 Å². The molecule has 0 aromatic rings. The number of aliphatic carboxylic acids is 1. The van der Waals surface area contributed by atoms with Gasteiger partial charge in [0.05, 0.1) is 5.57 Å². The third kappa shape index (κ3) is 5.15. The van der Waals surface area contributed by atoms with Gasteiger partial charge in [-0.25, -0.2) is 4.79 Å². The minimum absolute atomic E-state index is 0.217. The molecule has 0 aromatic heterocycles. The molecule has 0 bridgehead atoms. The molecule has 4 heteroatoms. The Balaban J connectivity index is 5.44. The molecule has 98 valence electrons. The maximum absolute atomic E-state index is 10.8. The number of carboxylic acids is 1. The van der Waals surface area contributed by atoms with Crippen molar-refractivity contribution in [3.63, 3.8) is 0 Å². The molecule has 0 saturated carbocycles. The molecule has 18 heavy (non-hydrogen) atoms. The Morgan fingerprint density at radius 2 is 1.89 bits per heavy atom. The number of hydrogen-bond acceptors (Lipinski definition) is 2. The number of aliphatic imine (C=N–C) groups is 1. The van der Waals surface area contributed by atoms with Crippen LogP contribution in [0, 0.1) is 0 Å². The van der Waals surface area contributed by atoms with Gasteiger partial charge in [-0.1, -0.05) is 30.3 Å². The van der Waals surface area contributed by atoms with E-state index in [1.807, 2.05) is 6.92 Å². The molecule has 0 aliphatic carbocycles. The summed E-state index contributed by atoms with van der Waals surface area (Å²) in [6.07, 6.45) is 5.12. The largest absolute Gasteiger partial charge is 0.478 e. The lowest BCUT2D eigenvalue weighted by Gasteiger charge is -2.04. The average Bonchev–Trinajstić information content (AvgIpc) is 2.33. The van der Waals surface area contributed by atoms with Gasteiger partial charge in [-0.2, -0.15) is 0 Å². The molecule has 0 rings (SSSR count). The highest BCUT2D eigenvalue weighted by Gasteiger charge is 2.05. The zero-order valence-corrected chi connectivity index (χ0v) is 11.9. The summed E-state index contributed by atoms with van der Waals surface area (Å²) in [5.41, 5.74) is 2.11. The number of allylic oxidation sites excluding steroid dienone is 6. The summed E-state index contributed by atoms with van der Waals surface area (Å²) in [5.74, 6) is -0.973. The van der Waals surface area contributed by atoms with Gasteiger partial charge in [0.15, 0.2) is 0 Å². The molecule has 0 aliphatic heterocycles. The van der Waals surface area contributed by atoms with Crippen LogP contribution >= 0.6 is 11.6 Å². The van der Waals surface area contributed by atoms with Crippen LogP contribution in [0.1, 0.15) is 27.7 Å². The van der Waals surface area contributed by atoms with Crippen molar-refractivity contribution in [1.82, 2.24) is 0 Å². The second-order valence-corrected chi connectivity index (χ2v) is 4.13. The molecule has 0 heterocycles. The van der Waals surface area contributed by atoms with Crippen molar-refractivity contribution >= 4 is 23.3 Å². The van der Waals surface area contributed by atoms with E-state index in [0.717, 1.165) is 5.57 Å². The Morgan fingerprint density at radius 3 is 2.28 bits per heavy atom. The molecule has 0 amide bonds. The van der Waals surface area contributed by atoms with Gasteiger partial charge in [0.2, 0.25) is 0 Å². The highest BCUT2D eigenvalue weighted by Crippen LogP contribution is 2.13. The van der Waals surface area contributed by atoms with Gasteiger partial charge in [0, 0.05) is 16.4 Å². The minimum atomic E-state index is -0.973. The molecule has 1 N–H and O–H groups in total. The fourth-order valence-electron chi connectivity index (χ4n) is 1.10. The summed E-state index contributed by atoms with van der Waals surface area (Å²) >= 11 is 5.91. The van der Waals surface area contributed by atoms with Crippen LogP contribution in [0.3, 0.4) is 0 Å². The van der Waals surface area contributed by atoms with E-state index in [4.69, 9.17) is 16.7 Å². The van der Waals surface area contributed by atoms with Crippen LogP contribution in [0.2, 0.25) is 0 Å². The smallest absolute Gasteiger partial charge is 0.333 e. The minimum Gasteiger partial charge on any atom is -0.478 e. The lowest BCUT2D eigenvalue weighted by atomic mass is 10.1. The predicted octanol–water partition coefficient (Wildman–Crippen LogP) is 4.08. The first-order valence-electron chi connectivity index (χ1n) is 5.45. The van der Waals surface area contributed by atoms with Crippen LogP contribution < -0.4 is 0 Å². The summed E-state index contributed by atoms with van der Waals surface area (Å²) in [6.45, 7) is 10.5. The zero-order valence-electron chi connectivity index (χ0n) is 11.1. The lowest BCUT2D eigenvalue weighted by molar-refractivity contribution is -0.132. The summed E-state index contributed by atoms with van der Waals surface area (Å²) in [5, 5.41) is 9.43. The summed E-state index contributed by atoms with van der Waals surface area (Å²) in [4.78, 5) is 15.0. The van der Waals surface area contributed by atoms with Gasteiger partial charge in [-0.15, -0.1) is 0 Å². The van der Waals surface area contributed by atoms with Crippen molar-refractivity contribution in [2.45, 2.75) is 27.7 Å². The number of carboxylic acid groups (broad SMARTS) is 1. The quantitative estimate of drug-likeness (QED) is 0.463. The summed E-state index contributed by atoms with van der Waals surface area (Å²) in [6, 6.07) is 0. The first-order chi connectivity index (χ1) is 8.33. The van der Waals surface area contributed by atoms with Gasteiger partial charge in [0.25, 0.3) is 0 Å². The standard InChI is InChI=1S/C14H18ClNO2/c1-6-12(8-13(15)7-2)11(5)16-10(4)9(3)14(17)18/h6-8H,1H2,2-5H3,(H,17,18)/b10-9+,12-8+,13-7+,16-11+. The second-order valence-electron chi connectivity index (χ2n) is 3.69. The van der Waals surface area contributed by atoms with E-state index in [0.29, 0.717) is 16.4 Å². The fourth-order valence-corrected chi connectivity index (χ4v) is 1.22. The number of nitrogens with zero attached hydrogens (tertiary/aromatic N) is 1. The van der Waals surface area contributed by atoms with E-state index in [9.17, 15) is 4.79 Å². The maximum atomic E-state index is 10.8. The van der Waals surface area contributed by atoms with Crippen LogP contribution in [-0.4, -0.2) is 16.8 Å². The number of halogens is 1. The number of rotatable bonds is 5. The van der Waals surface area contributed by atoms with E-state index in [1.165, 1.54) is 6.92 Å². The molecule has 0 radical (unpaired) electrons. The predicted molar refractivity (Wildman–Crippen MR) is 77.0 cm³/mol. The van der Waals surface area contributed by atoms with Crippen molar-refractivity contribution in [3.05, 3.63) is 46.7 Å². The van der Waals surface area contributed by atoms with E-state index >= 15 is 0 Å². The highest BCUT2D eigenvalue weighted by molar-refractivity contribution is 6.31. The molecule has 0 aromatic carbocycles. The van der Waals surface area contributed by atoms with Crippen LogP contribution in [0.4, 0.5) is 0 Å². The zero-order chi connectivity index (χ0) is 14.3. The van der Waals surface area contributed by atoms with Crippen molar-refractivity contribution < 1.29 is 9.90 Å². The Hall–Kier alpha value is -1.61. The number of hydrogen-bond donors (Lipinski definition) is 1. The van der Waals surface area contributed by atoms with Crippen LogP contribution in [0.25, 0.3) is 0 Å². The van der Waals surface area contributed by atoms with E-state index in [1.54, 1.807) is 32.1 Å². The lowest BCUT2D eigenvalue weighted by Crippen LogP contribution is -2.01. The second kappa shape index (κ2) is 7.67. The Morgan fingerprint density at radius 1 is 1.33 bits per heavy atom. The summed E-state index contributed by atoms with van der Waals surface area (Å²) < 4.78 is 0. The van der Waals surface area contributed by atoms with Gasteiger partial charge in [-0.3, -0.25) is 4.99 Å².